The molecule has 1 N–H and O–H groups in total. The largest absolute Gasteiger partial charge is 0.473 e. The summed E-state index contributed by atoms with van der Waals surface area (Å²) in [5, 5.41) is 12.7. The summed E-state index contributed by atoms with van der Waals surface area (Å²) in [5.74, 6) is 1.06. The molecule has 1 aromatic rings. The molecule has 0 bridgehead atoms. The van der Waals surface area contributed by atoms with Gasteiger partial charge in [-0.05, 0) is 56.3 Å². The Bertz CT molecular complexity index is 969. The van der Waals surface area contributed by atoms with Crippen LogP contribution >= 0.6 is 0 Å². The molecule has 2 aliphatic heterocycles. The van der Waals surface area contributed by atoms with Gasteiger partial charge in [-0.25, -0.2) is 17.7 Å². The minimum Gasteiger partial charge on any atom is -0.473 e. The molecule has 2 saturated heterocycles. The van der Waals surface area contributed by atoms with Gasteiger partial charge in [0.15, 0.2) is 0 Å². The summed E-state index contributed by atoms with van der Waals surface area (Å²) in [6, 6.07) is 2.20. The number of hydrogen-bond acceptors (Lipinski definition) is 8. The lowest BCUT2D eigenvalue weighted by molar-refractivity contribution is -0.0698. The molecule has 0 aromatic carbocycles. The van der Waals surface area contributed by atoms with E-state index in [1.54, 1.807) is 4.31 Å². The third-order valence-electron chi connectivity index (χ3n) is 7.54. The van der Waals surface area contributed by atoms with E-state index in [9.17, 15) is 13.7 Å². The van der Waals surface area contributed by atoms with Crippen molar-refractivity contribution in [3.05, 3.63) is 11.8 Å². The fourth-order valence-electron chi connectivity index (χ4n) is 5.41. The highest BCUT2D eigenvalue weighted by atomic mass is 32.2. The van der Waals surface area contributed by atoms with Crippen molar-refractivity contribution in [3.8, 4) is 11.9 Å². The predicted molar refractivity (Wildman–Crippen MR) is 118 cm³/mol. The Labute approximate surface area is 189 Å². The zero-order valence-corrected chi connectivity index (χ0v) is 19.1. The van der Waals surface area contributed by atoms with E-state index in [1.807, 2.05) is 0 Å². The molecule has 1 unspecified atom stereocenters. The van der Waals surface area contributed by atoms with E-state index in [0.717, 1.165) is 19.3 Å². The Morgan fingerprint density at radius 3 is 2.69 bits per heavy atom. The van der Waals surface area contributed by atoms with Crippen LogP contribution < -0.4 is 10.1 Å². The van der Waals surface area contributed by atoms with E-state index in [1.165, 1.54) is 25.5 Å². The molecular weight excluding hydrogens is 430 g/mol. The van der Waals surface area contributed by atoms with Crippen LogP contribution in [0.2, 0.25) is 0 Å². The highest BCUT2D eigenvalue weighted by molar-refractivity contribution is 7.89. The van der Waals surface area contributed by atoms with Crippen LogP contribution in [0, 0.1) is 22.7 Å². The van der Waals surface area contributed by atoms with Crippen LogP contribution in [0.1, 0.15) is 56.9 Å². The highest BCUT2D eigenvalue weighted by Gasteiger charge is 2.49. The van der Waals surface area contributed by atoms with Crippen LogP contribution in [0.25, 0.3) is 0 Å². The first kappa shape index (κ1) is 21.9. The molecule has 0 amide bonds. The minimum absolute atomic E-state index is 0.0824. The average molecular weight is 462 g/mol. The Hall–Kier alpha value is -1.96. The van der Waals surface area contributed by atoms with Gasteiger partial charge in [-0.3, -0.25) is 0 Å². The third-order valence-corrected chi connectivity index (χ3v) is 9.58. The Balaban J connectivity index is 1.15. The molecule has 5 rings (SSSR count). The first-order chi connectivity index (χ1) is 15.4. The zero-order chi connectivity index (χ0) is 22.2. The van der Waals surface area contributed by atoms with Gasteiger partial charge in [-0.15, -0.1) is 0 Å². The molecule has 10 heteroatoms. The number of nitrogens with zero attached hydrogens (tertiary/aromatic N) is 4. The summed E-state index contributed by atoms with van der Waals surface area (Å²) in [6.07, 6.45) is 9.81. The SMILES string of the molecule is N#Cc1cnc(NC2CCN(S(=O)(=O)CC3CCOC3)CC2)nc1OC1CC2(CCC2)C1. The smallest absolute Gasteiger partial charge is 0.236 e. The molecule has 4 aliphatic rings. The number of sulfonamides is 1. The molecule has 174 valence electrons. The molecule has 32 heavy (non-hydrogen) atoms. The molecule has 2 saturated carbocycles. The second kappa shape index (κ2) is 8.76. The summed E-state index contributed by atoms with van der Waals surface area (Å²) >= 11 is 0. The maximum atomic E-state index is 12.7. The van der Waals surface area contributed by atoms with Gasteiger partial charge in [-0.2, -0.15) is 10.2 Å². The van der Waals surface area contributed by atoms with Gasteiger partial charge in [-0.1, -0.05) is 6.42 Å². The van der Waals surface area contributed by atoms with E-state index >= 15 is 0 Å². The number of nitriles is 1. The van der Waals surface area contributed by atoms with E-state index in [4.69, 9.17) is 9.47 Å². The summed E-state index contributed by atoms with van der Waals surface area (Å²) in [7, 11) is -3.26. The van der Waals surface area contributed by atoms with Crippen molar-refractivity contribution in [2.45, 2.75) is 63.5 Å². The molecule has 1 atom stereocenters. The third kappa shape index (κ3) is 4.56. The Kier molecular flexibility index (Phi) is 5.99. The molecule has 4 fully saturated rings. The standard InChI is InChI=1S/C22H31N5O4S/c23-12-17-13-24-21(26-20(17)31-19-10-22(11-19)5-1-6-22)25-18-2-7-27(8-3-18)32(28,29)15-16-4-9-30-14-16/h13,16,18-19H,1-11,14-15H2,(H,24,25,26). The van der Waals surface area contributed by atoms with Crippen LogP contribution in [0.3, 0.4) is 0 Å². The number of nitrogens with one attached hydrogen (secondary N) is 1. The first-order valence-electron chi connectivity index (χ1n) is 11.7. The summed E-state index contributed by atoms with van der Waals surface area (Å²) in [5.41, 5.74) is 0.840. The molecule has 1 spiro atoms. The van der Waals surface area contributed by atoms with Crippen molar-refractivity contribution in [1.29, 1.82) is 5.26 Å². The molecule has 9 nitrogen and oxygen atoms in total. The molecule has 3 heterocycles. The van der Waals surface area contributed by atoms with Crippen LogP contribution in [-0.2, 0) is 14.8 Å². The summed E-state index contributed by atoms with van der Waals surface area (Å²) in [4.78, 5) is 8.75. The fourth-order valence-corrected chi connectivity index (χ4v) is 7.25. The van der Waals surface area contributed by atoms with Crippen molar-refractivity contribution >= 4 is 16.0 Å². The van der Waals surface area contributed by atoms with E-state index in [-0.39, 0.29) is 23.8 Å². The number of hydrogen-bond donors (Lipinski definition) is 1. The number of piperidine rings is 1. The van der Waals surface area contributed by atoms with Crippen molar-refractivity contribution in [3.63, 3.8) is 0 Å². The second-order valence-electron chi connectivity index (χ2n) is 9.85. The first-order valence-corrected chi connectivity index (χ1v) is 13.3. The minimum atomic E-state index is -3.26. The van der Waals surface area contributed by atoms with Gasteiger partial charge in [0, 0.05) is 25.7 Å². The topological polar surface area (TPSA) is 117 Å². The molecule has 1 aromatic heterocycles. The van der Waals surface area contributed by atoms with Crippen LogP contribution in [-0.4, -0.2) is 66.9 Å². The maximum Gasteiger partial charge on any atom is 0.236 e. The highest BCUT2D eigenvalue weighted by Crippen LogP contribution is 2.56. The lowest BCUT2D eigenvalue weighted by atomic mass is 9.55. The van der Waals surface area contributed by atoms with Gasteiger partial charge in [0.2, 0.25) is 21.9 Å². The van der Waals surface area contributed by atoms with Crippen LogP contribution in [0.4, 0.5) is 5.95 Å². The Morgan fingerprint density at radius 2 is 2.06 bits per heavy atom. The van der Waals surface area contributed by atoms with Crippen LogP contribution in [0.5, 0.6) is 5.88 Å². The number of rotatable bonds is 7. The fraction of sp³-hybridized carbons (Fsp3) is 0.773. The normalized spacial score (nSPS) is 26.3. The van der Waals surface area contributed by atoms with Gasteiger partial charge in [0.25, 0.3) is 0 Å². The number of ether oxygens (including phenoxy) is 2. The lowest BCUT2D eigenvalue weighted by Gasteiger charge is -2.53. The van der Waals surface area contributed by atoms with Gasteiger partial charge in [0.1, 0.15) is 17.7 Å². The number of aromatic nitrogens is 2. The average Bonchev–Trinajstić information content (AvgIpc) is 3.22. The van der Waals surface area contributed by atoms with E-state index < -0.39 is 10.0 Å². The van der Waals surface area contributed by atoms with Crippen LogP contribution in [0.15, 0.2) is 6.20 Å². The van der Waals surface area contributed by atoms with Gasteiger partial charge >= 0.3 is 0 Å². The van der Waals surface area contributed by atoms with E-state index in [2.05, 4.69) is 21.4 Å². The quantitative estimate of drug-likeness (QED) is 0.657. The lowest BCUT2D eigenvalue weighted by Crippen LogP contribution is -2.48. The van der Waals surface area contributed by atoms with Gasteiger partial charge in [0.05, 0.1) is 18.6 Å². The van der Waals surface area contributed by atoms with Crippen molar-refractivity contribution in [1.82, 2.24) is 14.3 Å². The molecular formula is C22H31N5O4S. The van der Waals surface area contributed by atoms with Gasteiger partial charge < -0.3 is 14.8 Å². The second-order valence-corrected chi connectivity index (χ2v) is 11.9. The Morgan fingerprint density at radius 1 is 1.28 bits per heavy atom. The summed E-state index contributed by atoms with van der Waals surface area (Å²) < 4.78 is 38.4. The monoisotopic (exact) mass is 461 g/mol. The van der Waals surface area contributed by atoms with Crippen molar-refractivity contribution < 1.29 is 17.9 Å². The molecule has 0 radical (unpaired) electrons. The van der Waals surface area contributed by atoms with Crippen molar-refractivity contribution in [2.75, 3.05) is 37.4 Å². The van der Waals surface area contributed by atoms with Crippen molar-refractivity contribution in [2.24, 2.45) is 11.3 Å². The zero-order valence-electron chi connectivity index (χ0n) is 18.3. The summed E-state index contributed by atoms with van der Waals surface area (Å²) in [6.45, 7) is 2.17. The maximum absolute atomic E-state index is 12.7. The number of anilines is 1. The molecule has 2 aliphatic carbocycles. The predicted octanol–water partition coefficient (Wildman–Crippen LogP) is 2.30. The van der Waals surface area contributed by atoms with E-state index in [0.29, 0.717) is 62.0 Å².